The Balaban J connectivity index is 2.82. The highest BCUT2D eigenvalue weighted by atomic mass is 16.5. The van der Waals surface area contributed by atoms with Crippen LogP contribution in [0.3, 0.4) is 0 Å². The second-order valence-corrected chi connectivity index (χ2v) is 3.89. The van der Waals surface area contributed by atoms with Gasteiger partial charge >= 0.3 is 12.0 Å². The molecule has 0 saturated heterocycles. The van der Waals surface area contributed by atoms with Crippen LogP contribution in [0, 0.1) is 0 Å². The van der Waals surface area contributed by atoms with Gasteiger partial charge < -0.3 is 20.9 Å². The zero-order valence-electron chi connectivity index (χ0n) is 11.0. The first-order valence-corrected chi connectivity index (χ1v) is 5.67. The minimum absolute atomic E-state index is 0.0203. The molecular formula is C12H15N3O5. The minimum atomic E-state index is -1.14. The van der Waals surface area contributed by atoms with Crippen LogP contribution in [0.4, 0.5) is 10.5 Å². The summed E-state index contributed by atoms with van der Waals surface area (Å²) in [5.41, 5.74) is 5.81. The van der Waals surface area contributed by atoms with Gasteiger partial charge in [-0.25, -0.2) is 9.59 Å². The lowest BCUT2D eigenvalue weighted by atomic mass is 10.2. The number of anilines is 1. The van der Waals surface area contributed by atoms with Gasteiger partial charge in [0.15, 0.2) is 6.10 Å². The summed E-state index contributed by atoms with van der Waals surface area (Å²) in [7, 11) is 1.36. The molecule has 3 amide bonds. The standard InChI is InChI=1S/C12H15N3O5/c1-6(10(16)15-12(19)14-2)20-9-5-7(11(17)18)3-4-8(9)13/h3-6H,13H2,1-2H3,(H,17,18)(H2,14,15,16,19). The van der Waals surface area contributed by atoms with E-state index in [9.17, 15) is 14.4 Å². The third-order valence-electron chi connectivity index (χ3n) is 2.40. The molecule has 5 N–H and O–H groups in total. The number of nitrogen functional groups attached to an aromatic ring is 1. The topological polar surface area (TPSA) is 131 Å². The van der Waals surface area contributed by atoms with E-state index in [2.05, 4.69) is 5.32 Å². The number of urea groups is 1. The van der Waals surface area contributed by atoms with Crippen LogP contribution >= 0.6 is 0 Å². The van der Waals surface area contributed by atoms with Crippen molar-refractivity contribution in [2.45, 2.75) is 13.0 Å². The summed E-state index contributed by atoms with van der Waals surface area (Å²) in [6, 6.07) is 3.22. The molecule has 0 bridgehead atoms. The molecule has 0 aliphatic carbocycles. The summed E-state index contributed by atoms with van der Waals surface area (Å²) >= 11 is 0. The number of rotatable bonds is 4. The van der Waals surface area contributed by atoms with Crippen LogP contribution in [0.2, 0.25) is 0 Å². The molecule has 0 saturated carbocycles. The number of carboxylic acids is 1. The maximum Gasteiger partial charge on any atom is 0.335 e. The van der Waals surface area contributed by atoms with Crippen LogP contribution in [-0.2, 0) is 4.79 Å². The Hall–Kier alpha value is -2.77. The number of carboxylic acid groups (broad SMARTS) is 1. The quantitative estimate of drug-likeness (QED) is 0.583. The molecule has 0 aliphatic heterocycles. The highest BCUT2D eigenvalue weighted by molar-refractivity contribution is 5.96. The normalized spacial score (nSPS) is 11.3. The second kappa shape index (κ2) is 6.41. The Morgan fingerprint density at radius 3 is 2.55 bits per heavy atom. The van der Waals surface area contributed by atoms with Crippen molar-refractivity contribution in [2.24, 2.45) is 0 Å². The molecule has 0 fully saturated rings. The Morgan fingerprint density at radius 2 is 2.00 bits per heavy atom. The minimum Gasteiger partial charge on any atom is -0.479 e. The van der Waals surface area contributed by atoms with Crippen LogP contribution in [-0.4, -0.2) is 36.2 Å². The lowest BCUT2D eigenvalue weighted by Gasteiger charge is -2.15. The van der Waals surface area contributed by atoms with Crippen molar-refractivity contribution in [3.05, 3.63) is 23.8 Å². The number of carbonyl (C=O) groups is 3. The fourth-order valence-electron chi connectivity index (χ4n) is 1.29. The van der Waals surface area contributed by atoms with Gasteiger partial charge in [-0.2, -0.15) is 0 Å². The van der Waals surface area contributed by atoms with E-state index in [1.165, 1.54) is 32.2 Å². The average molecular weight is 281 g/mol. The van der Waals surface area contributed by atoms with E-state index in [4.69, 9.17) is 15.6 Å². The van der Waals surface area contributed by atoms with Gasteiger partial charge in [0.05, 0.1) is 11.3 Å². The molecule has 0 aliphatic rings. The summed E-state index contributed by atoms with van der Waals surface area (Å²) in [6.45, 7) is 1.41. The van der Waals surface area contributed by atoms with Crippen molar-refractivity contribution in [2.75, 3.05) is 12.8 Å². The SMILES string of the molecule is CNC(=O)NC(=O)C(C)Oc1cc(C(=O)O)ccc1N. The Morgan fingerprint density at radius 1 is 1.35 bits per heavy atom. The highest BCUT2D eigenvalue weighted by Gasteiger charge is 2.18. The van der Waals surface area contributed by atoms with Crippen molar-refractivity contribution >= 4 is 23.6 Å². The number of aromatic carboxylic acids is 1. The Bertz CT molecular complexity index is 544. The lowest BCUT2D eigenvalue weighted by molar-refractivity contribution is -0.126. The molecule has 0 heterocycles. The van der Waals surface area contributed by atoms with Gasteiger partial charge in [0.1, 0.15) is 5.75 Å². The molecule has 1 rings (SSSR count). The van der Waals surface area contributed by atoms with Crippen molar-refractivity contribution in [1.29, 1.82) is 0 Å². The third-order valence-corrected chi connectivity index (χ3v) is 2.40. The van der Waals surface area contributed by atoms with E-state index >= 15 is 0 Å². The van der Waals surface area contributed by atoms with Gasteiger partial charge in [-0.15, -0.1) is 0 Å². The fraction of sp³-hybridized carbons (Fsp3) is 0.250. The molecule has 1 aromatic rings. The second-order valence-electron chi connectivity index (χ2n) is 3.89. The molecule has 1 aromatic carbocycles. The van der Waals surface area contributed by atoms with Crippen LogP contribution in [0.5, 0.6) is 5.75 Å². The van der Waals surface area contributed by atoms with Gasteiger partial charge in [-0.1, -0.05) is 0 Å². The van der Waals surface area contributed by atoms with Crippen LogP contribution in [0.25, 0.3) is 0 Å². The summed E-state index contributed by atoms with van der Waals surface area (Å²) < 4.78 is 5.26. The predicted molar refractivity (Wildman–Crippen MR) is 70.5 cm³/mol. The highest BCUT2D eigenvalue weighted by Crippen LogP contribution is 2.24. The van der Waals surface area contributed by atoms with E-state index in [-0.39, 0.29) is 17.0 Å². The predicted octanol–water partition coefficient (Wildman–Crippen LogP) is 0.190. The maximum atomic E-state index is 11.6. The molecule has 1 unspecified atom stereocenters. The van der Waals surface area contributed by atoms with Gasteiger partial charge in [-0.05, 0) is 25.1 Å². The van der Waals surface area contributed by atoms with Crippen molar-refractivity contribution in [3.8, 4) is 5.75 Å². The first kappa shape index (κ1) is 15.3. The summed E-state index contributed by atoms with van der Waals surface area (Å²) in [6.07, 6.45) is -1.02. The van der Waals surface area contributed by atoms with Crippen LogP contribution in [0.1, 0.15) is 17.3 Å². The number of imide groups is 1. The number of nitrogens with two attached hydrogens (primary N) is 1. The monoisotopic (exact) mass is 281 g/mol. The van der Waals surface area contributed by atoms with Gasteiger partial charge in [0.2, 0.25) is 0 Å². The third kappa shape index (κ3) is 3.87. The molecule has 108 valence electrons. The van der Waals surface area contributed by atoms with Crippen LogP contribution < -0.4 is 21.1 Å². The lowest BCUT2D eigenvalue weighted by Crippen LogP contribution is -2.44. The molecule has 8 nitrogen and oxygen atoms in total. The zero-order chi connectivity index (χ0) is 15.3. The summed E-state index contributed by atoms with van der Waals surface area (Å²) in [4.78, 5) is 33.4. The first-order valence-electron chi connectivity index (χ1n) is 5.67. The molecule has 0 spiro atoms. The molecule has 0 radical (unpaired) electrons. The summed E-state index contributed by atoms with van der Waals surface area (Å²) in [5, 5.41) is 13.1. The number of carbonyl (C=O) groups excluding carboxylic acids is 2. The number of hydrogen-bond acceptors (Lipinski definition) is 5. The van der Waals surface area contributed by atoms with Crippen molar-refractivity contribution in [3.63, 3.8) is 0 Å². The summed E-state index contributed by atoms with van der Waals surface area (Å²) in [5.74, 6) is -1.76. The van der Waals surface area contributed by atoms with Gasteiger partial charge in [-0.3, -0.25) is 10.1 Å². The molecule has 0 aromatic heterocycles. The smallest absolute Gasteiger partial charge is 0.335 e. The number of nitrogens with one attached hydrogen (secondary N) is 2. The van der Waals surface area contributed by atoms with Crippen molar-refractivity contribution < 1.29 is 24.2 Å². The molecule has 1 atom stereocenters. The average Bonchev–Trinajstić information content (AvgIpc) is 2.40. The number of amides is 3. The maximum absolute atomic E-state index is 11.6. The van der Waals surface area contributed by atoms with Gasteiger partial charge in [0, 0.05) is 7.05 Å². The van der Waals surface area contributed by atoms with E-state index in [0.29, 0.717) is 0 Å². The number of ether oxygens (including phenoxy) is 1. The zero-order valence-corrected chi connectivity index (χ0v) is 11.0. The van der Waals surface area contributed by atoms with Crippen LogP contribution in [0.15, 0.2) is 18.2 Å². The van der Waals surface area contributed by atoms with Gasteiger partial charge in [0.25, 0.3) is 5.91 Å². The fourth-order valence-corrected chi connectivity index (χ4v) is 1.29. The Kier molecular flexibility index (Phi) is 4.90. The molecule has 8 heteroatoms. The number of benzene rings is 1. The number of hydrogen-bond donors (Lipinski definition) is 4. The molecule has 20 heavy (non-hydrogen) atoms. The van der Waals surface area contributed by atoms with Crippen molar-refractivity contribution in [1.82, 2.24) is 10.6 Å². The van der Waals surface area contributed by atoms with E-state index in [1.54, 1.807) is 0 Å². The van der Waals surface area contributed by atoms with E-state index < -0.39 is 24.0 Å². The molecular weight excluding hydrogens is 266 g/mol. The Labute approximate surface area is 114 Å². The first-order chi connectivity index (χ1) is 9.35. The van der Waals surface area contributed by atoms with E-state index in [1.807, 2.05) is 5.32 Å². The largest absolute Gasteiger partial charge is 0.479 e. The van der Waals surface area contributed by atoms with E-state index in [0.717, 1.165) is 0 Å².